The van der Waals surface area contributed by atoms with Gasteiger partial charge in [0.15, 0.2) is 0 Å². The molecule has 0 aromatic carbocycles. The fourth-order valence-corrected chi connectivity index (χ4v) is 2.52. The predicted octanol–water partition coefficient (Wildman–Crippen LogP) is -1.18. The predicted molar refractivity (Wildman–Crippen MR) is 61.4 cm³/mol. The van der Waals surface area contributed by atoms with E-state index in [0.717, 1.165) is 45.1 Å². The summed E-state index contributed by atoms with van der Waals surface area (Å²) in [5.74, 6) is 0.0952. The summed E-state index contributed by atoms with van der Waals surface area (Å²) in [5, 5.41) is 0. The Labute approximate surface area is 96.2 Å². The summed E-state index contributed by atoms with van der Waals surface area (Å²) in [6, 6.07) is 0.0249. The number of likely N-dealkylation sites (tertiary alicyclic amines) is 1. The van der Waals surface area contributed by atoms with Gasteiger partial charge >= 0.3 is 0 Å². The summed E-state index contributed by atoms with van der Waals surface area (Å²) < 4.78 is 0. The zero-order valence-corrected chi connectivity index (χ0v) is 9.34. The van der Waals surface area contributed by atoms with Crippen molar-refractivity contribution in [2.45, 2.75) is 31.3 Å². The van der Waals surface area contributed by atoms with E-state index in [4.69, 9.17) is 5.73 Å². The second-order valence-corrected chi connectivity index (χ2v) is 4.48. The van der Waals surface area contributed by atoms with Gasteiger partial charge in [0.05, 0.1) is 12.2 Å². The van der Waals surface area contributed by atoms with Crippen LogP contribution in [-0.2, 0) is 9.59 Å². The first-order chi connectivity index (χ1) is 7.72. The number of hydrogen-bond donors (Lipinski definition) is 1. The minimum Gasteiger partial charge on any atom is -0.340 e. The Kier molecular flexibility index (Phi) is 3.61. The Morgan fingerprint density at radius 3 is 2.44 bits per heavy atom. The van der Waals surface area contributed by atoms with E-state index in [1.807, 2.05) is 9.71 Å². The van der Waals surface area contributed by atoms with Crippen molar-refractivity contribution in [3.05, 3.63) is 0 Å². The van der Waals surface area contributed by atoms with Crippen molar-refractivity contribution in [1.29, 1.82) is 0 Å². The molecule has 0 aromatic rings. The maximum Gasteiger partial charge on any atom is 0.293 e. The highest BCUT2D eigenvalue weighted by Crippen LogP contribution is 2.21. The van der Waals surface area contributed by atoms with Crippen LogP contribution in [0.1, 0.15) is 19.3 Å². The van der Waals surface area contributed by atoms with Crippen molar-refractivity contribution in [2.75, 3.05) is 19.6 Å². The number of piperidine rings is 1. The average Bonchev–Trinajstić information content (AvgIpc) is 2.62. The van der Waals surface area contributed by atoms with Crippen LogP contribution in [0.3, 0.4) is 0 Å². The molecule has 0 saturated carbocycles. The van der Waals surface area contributed by atoms with Crippen molar-refractivity contribution in [2.24, 2.45) is 5.73 Å². The van der Waals surface area contributed by atoms with Gasteiger partial charge in [-0.05, 0) is 32.4 Å². The topological polar surface area (TPSA) is 66.6 Å². The van der Waals surface area contributed by atoms with Crippen molar-refractivity contribution < 1.29 is 9.59 Å². The summed E-state index contributed by atoms with van der Waals surface area (Å²) in [6.45, 7) is 2.49. The average molecular weight is 222 g/mol. The lowest BCUT2D eigenvalue weighted by Crippen LogP contribution is -2.48. The van der Waals surface area contributed by atoms with Gasteiger partial charge in [0.25, 0.3) is 7.41 Å². The lowest BCUT2D eigenvalue weighted by atomic mass is 9.89. The van der Waals surface area contributed by atoms with Gasteiger partial charge in [0, 0.05) is 12.6 Å². The van der Waals surface area contributed by atoms with E-state index in [2.05, 4.69) is 0 Å². The SMILES string of the molecule is N[C@H]1CCN(C2CCN([B]C=O)CC2)C1=O. The number of nitrogens with zero attached hydrogens (tertiary/aromatic N) is 2. The maximum atomic E-state index is 11.7. The smallest absolute Gasteiger partial charge is 0.293 e. The van der Waals surface area contributed by atoms with Crippen molar-refractivity contribution in [3.8, 4) is 0 Å². The molecule has 5 nitrogen and oxygen atoms in total. The van der Waals surface area contributed by atoms with E-state index in [0.29, 0.717) is 6.04 Å². The molecule has 6 heteroatoms. The third-order valence-corrected chi connectivity index (χ3v) is 3.49. The summed E-state index contributed by atoms with van der Waals surface area (Å²) in [6.07, 6.45) is 3.46. The standard InChI is InChI=1S/C10H17BN3O2/c12-9-3-6-14(10(9)16)8-1-4-13(5-2-8)11-7-15/h7-9H,1-6,12H2/t9-/m0/s1. The highest BCUT2D eigenvalue weighted by atomic mass is 16.2. The van der Waals surface area contributed by atoms with E-state index < -0.39 is 0 Å². The molecule has 0 bridgehead atoms. The monoisotopic (exact) mass is 222 g/mol. The number of carbonyl (C=O) groups excluding carboxylic acids is 2. The summed E-state index contributed by atoms with van der Waals surface area (Å²) >= 11 is 0. The van der Waals surface area contributed by atoms with Gasteiger partial charge in [-0.15, -0.1) is 0 Å². The van der Waals surface area contributed by atoms with E-state index in [1.54, 1.807) is 7.41 Å². The van der Waals surface area contributed by atoms with Gasteiger partial charge in [0.1, 0.15) is 0 Å². The molecule has 2 N–H and O–H groups in total. The Morgan fingerprint density at radius 2 is 1.94 bits per heavy atom. The molecule has 16 heavy (non-hydrogen) atoms. The Bertz CT molecular complexity index is 279. The number of carbonyl (C=O) groups is 2. The van der Waals surface area contributed by atoms with Crippen molar-refractivity contribution in [3.63, 3.8) is 0 Å². The molecule has 0 aromatic heterocycles. The van der Waals surface area contributed by atoms with Crippen LogP contribution < -0.4 is 5.73 Å². The Morgan fingerprint density at radius 1 is 1.25 bits per heavy atom. The molecule has 2 aliphatic rings. The largest absolute Gasteiger partial charge is 0.340 e. The molecule has 87 valence electrons. The van der Waals surface area contributed by atoms with Gasteiger partial charge in [-0.2, -0.15) is 0 Å². The first kappa shape index (κ1) is 11.6. The molecule has 2 saturated heterocycles. The summed E-state index contributed by atoms with van der Waals surface area (Å²) in [7, 11) is 1.58. The fraction of sp³-hybridized carbons (Fsp3) is 0.800. The molecular weight excluding hydrogens is 205 g/mol. The molecule has 2 rings (SSSR count). The lowest BCUT2D eigenvalue weighted by molar-refractivity contribution is -0.131. The fourth-order valence-electron chi connectivity index (χ4n) is 2.52. The van der Waals surface area contributed by atoms with Crippen LogP contribution in [0.2, 0.25) is 0 Å². The van der Waals surface area contributed by atoms with Crippen LogP contribution in [0.5, 0.6) is 0 Å². The van der Waals surface area contributed by atoms with Crippen LogP contribution in [0, 0.1) is 0 Å². The van der Waals surface area contributed by atoms with Crippen LogP contribution in [0.15, 0.2) is 0 Å². The summed E-state index contributed by atoms with van der Waals surface area (Å²) in [5.41, 5.74) is 5.70. The van der Waals surface area contributed by atoms with E-state index in [9.17, 15) is 9.59 Å². The molecule has 2 fully saturated rings. The van der Waals surface area contributed by atoms with Crippen LogP contribution in [0.25, 0.3) is 0 Å². The van der Waals surface area contributed by atoms with E-state index >= 15 is 0 Å². The van der Waals surface area contributed by atoms with Crippen LogP contribution in [-0.4, -0.2) is 60.9 Å². The van der Waals surface area contributed by atoms with Gasteiger partial charge in [-0.25, -0.2) is 0 Å². The lowest BCUT2D eigenvalue weighted by Gasteiger charge is -2.36. The molecule has 2 aliphatic heterocycles. The first-order valence-corrected chi connectivity index (χ1v) is 5.81. The third kappa shape index (κ3) is 2.27. The molecule has 1 amide bonds. The summed E-state index contributed by atoms with van der Waals surface area (Å²) in [4.78, 5) is 26.0. The van der Waals surface area contributed by atoms with Gasteiger partial charge in [-0.1, -0.05) is 0 Å². The zero-order chi connectivity index (χ0) is 11.5. The molecule has 2 heterocycles. The van der Waals surface area contributed by atoms with E-state index in [1.165, 1.54) is 0 Å². The second-order valence-electron chi connectivity index (χ2n) is 4.48. The van der Waals surface area contributed by atoms with Gasteiger partial charge < -0.3 is 20.2 Å². The van der Waals surface area contributed by atoms with Gasteiger partial charge in [-0.3, -0.25) is 4.79 Å². The first-order valence-electron chi connectivity index (χ1n) is 5.81. The molecule has 0 unspecified atom stereocenters. The molecule has 0 spiro atoms. The Balaban J connectivity index is 1.85. The van der Waals surface area contributed by atoms with Crippen LogP contribution in [0.4, 0.5) is 0 Å². The highest BCUT2D eigenvalue weighted by molar-refractivity contribution is 6.64. The minimum atomic E-state index is -0.292. The third-order valence-electron chi connectivity index (χ3n) is 3.49. The minimum absolute atomic E-state index is 0.0952. The normalized spacial score (nSPS) is 28.4. The quantitative estimate of drug-likeness (QED) is 0.482. The van der Waals surface area contributed by atoms with Gasteiger partial charge in [0.2, 0.25) is 5.91 Å². The van der Waals surface area contributed by atoms with E-state index in [-0.39, 0.29) is 11.9 Å². The van der Waals surface area contributed by atoms with Crippen molar-refractivity contribution >= 4 is 19.5 Å². The van der Waals surface area contributed by atoms with Crippen molar-refractivity contribution in [1.82, 2.24) is 9.71 Å². The highest BCUT2D eigenvalue weighted by Gasteiger charge is 2.34. The van der Waals surface area contributed by atoms with Crippen LogP contribution >= 0.6 is 0 Å². The molecule has 0 aliphatic carbocycles. The second kappa shape index (κ2) is 4.97. The number of rotatable bonds is 3. The molecule has 1 atom stereocenters. The number of amides is 1. The zero-order valence-electron chi connectivity index (χ0n) is 9.34. The molecule has 1 radical (unpaired) electrons. The molecular formula is C10H17BN3O2. The number of hydrogen-bond acceptors (Lipinski definition) is 4. The Hall–Kier alpha value is -0.875. The maximum absolute atomic E-state index is 11.7. The number of nitrogens with two attached hydrogens (primary N) is 1.